The minimum atomic E-state index is 0.0145. The van der Waals surface area contributed by atoms with Crippen LogP contribution in [0.5, 0.6) is 5.75 Å². The van der Waals surface area contributed by atoms with E-state index in [-0.39, 0.29) is 6.04 Å². The van der Waals surface area contributed by atoms with Crippen molar-refractivity contribution in [2.75, 3.05) is 19.0 Å². The fraction of sp³-hybridized carbons (Fsp3) is 0.200. The van der Waals surface area contributed by atoms with Crippen molar-refractivity contribution in [1.82, 2.24) is 0 Å². The summed E-state index contributed by atoms with van der Waals surface area (Å²) in [7, 11) is 1.66. The second kappa shape index (κ2) is 7.11. The minimum absolute atomic E-state index is 0.0145. The van der Waals surface area contributed by atoms with Gasteiger partial charge in [0.05, 0.1) is 13.2 Å². The van der Waals surface area contributed by atoms with Crippen LogP contribution in [0.15, 0.2) is 51.4 Å². The fourth-order valence-corrected chi connectivity index (χ4v) is 2.71. The molecular formula is C15H16Br2N2O. The van der Waals surface area contributed by atoms with E-state index in [1.165, 1.54) is 0 Å². The molecule has 0 amide bonds. The topological polar surface area (TPSA) is 47.3 Å². The molecule has 20 heavy (non-hydrogen) atoms. The summed E-state index contributed by atoms with van der Waals surface area (Å²) in [4.78, 5) is 0. The van der Waals surface area contributed by atoms with E-state index in [0.717, 1.165) is 25.9 Å². The van der Waals surface area contributed by atoms with E-state index in [0.29, 0.717) is 6.54 Å². The monoisotopic (exact) mass is 398 g/mol. The molecule has 0 aliphatic rings. The molecule has 0 fully saturated rings. The van der Waals surface area contributed by atoms with Crippen molar-refractivity contribution in [2.45, 2.75) is 6.04 Å². The zero-order valence-corrected chi connectivity index (χ0v) is 14.2. The molecule has 0 aliphatic carbocycles. The molecule has 5 heteroatoms. The maximum Gasteiger partial charge on any atom is 0.119 e. The third-order valence-electron chi connectivity index (χ3n) is 3.00. The van der Waals surface area contributed by atoms with Crippen molar-refractivity contribution < 1.29 is 4.74 Å². The number of nitrogens with one attached hydrogen (secondary N) is 1. The van der Waals surface area contributed by atoms with Gasteiger partial charge in [0.1, 0.15) is 5.75 Å². The molecule has 0 saturated carbocycles. The second-order valence-electron chi connectivity index (χ2n) is 4.33. The van der Waals surface area contributed by atoms with Crippen molar-refractivity contribution in [3.8, 4) is 5.75 Å². The van der Waals surface area contributed by atoms with Crippen molar-refractivity contribution in [3.05, 3.63) is 57.0 Å². The predicted molar refractivity (Wildman–Crippen MR) is 90.3 cm³/mol. The van der Waals surface area contributed by atoms with Crippen molar-refractivity contribution >= 4 is 37.5 Å². The summed E-state index contributed by atoms with van der Waals surface area (Å²) >= 11 is 7.00. The first-order valence-corrected chi connectivity index (χ1v) is 7.78. The third-order valence-corrected chi connectivity index (χ3v) is 4.25. The quantitative estimate of drug-likeness (QED) is 0.786. The SMILES string of the molecule is COc1ccc(Br)c(C(CN)Nc2ccc(Br)cc2)c1. The molecule has 106 valence electrons. The number of benzene rings is 2. The summed E-state index contributed by atoms with van der Waals surface area (Å²) in [5.41, 5.74) is 8.01. The van der Waals surface area contributed by atoms with Gasteiger partial charge in [-0.05, 0) is 48.0 Å². The number of anilines is 1. The van der Waals surface area contributed by atoms with Crippen LogP contribution in [0.1, 0.15) is 11.6 Å². The number of rotatable bonds is 5. The second-order valence-corrected chi connectivity index (χ2v) is 6.10. The molecule has 0 bridgehead atoms. The molecule has 2 aromatic carbocycles. The largest absolute Gasteiger partial charge is 0.497 e. The van der Waals surface area contributed by atoms with Gasteiger partial charge in [0.25, 0.3) is 0 Å². The summed E-state index contributed by atoms with van der Waals surface area (Å²) in [5.74, 6) is 0.819. The van der Waals surface area contributed by atoms with Gasteiger partial charge in [-0.25, -0.2) is 0 Å². The lowest BCUT2D eigenvalue weighted by Gasteiger charge is -2.20. The molecule has 2 aromatic rings. The molecule has 3 nitrogen and oxygen atoms in total. The number of halogens is 2. The van der Waals surface area contributed by atoms with E-state index in [1.807, 2.05) is 42.5 Å². The Morgan fingerprint density at radius 2 is 1.85 bits per heavy atom. The lowest BCUT2D eigenvalue weighted by Crippen LogP contribution is -2.21. The van der Waals surface area contributed by atoms with E-state index < -0.39 is 0 Å². The average molecular weight is 400 g/mol. The Morgan fingerprint density at radius 1 is 1.15 bits per heavy atom. The van der Waals surface area contributed by atoms with Crippen LogP contribution in [0.2, 0.25) is 0 Å². The third kappa shape index (κ3) is 3.75. The Hall–Kier alpha value is -1.04. The van der Waals surface area contributed by atoms with Crippen molar-refractivity contribution in [2.24, 2.45) is 5.73 Å². The molecule has 0 heterocycles. The van der Waals surface area contributed by atoms with Crippen LogP contribution < -0.4 is 15.8 Å². The van der Waals surface area contributed by atoms with E-state index >= 15 is 0 Å². The van der Waals surface area contributed by atoms with Gasteiger partial charge in [-0.15, -0.1) is 0 Å². The number of nitrogens with two attached hydrogens (primary N) is 1. The summed E-state index contributed by atoms with van der Waals surface area (Å²) in [6.07, 6.45) is 0. The highest BCUT2D eigenvalue weighted by Gasteiger charge is 2.14. The maximum absolute atomic E-state index is 5.91. The summed E-state index contributed by atoms with van der Waals surface area (Å²) < 4.78 is 7.34. The highest BCUT2D eigenvalue weighted by Crippen LogP contribution is 2.29. The number of hydrogen-bond donors (Lipinski definition) is 2. The maximum atomic E-state index is 5.91. The van der Waals surface area contributed by atoms with Gasteiger partial charge in [0, 0.05) is 21.2 Å². The van der Waals surface area contributed by atoms with Crippen LogP contribution in [0.4, 0.5) is 5.69 Å². The van der Waals surface area contributed by atoms with Crippen LogP contribution in [0.25, 0.3) is 0 Å². The minimum Gasteiger partial charge on any atom is -0.497 e. The highest BCUT2D eigenvalue weighted by molar-refractivity contribution is 9.10. The van der Waals surface area contributed by atoms with Crippen LogP contribution in [0, 0.1) is 0 Å². The number of methoxy groups -OCH3 is 1. The molecular weight excluding hydrogens is 384 g/mol. The van der Waals surface area contributed by atoms with Gasteiger partial charge in [0.15, 0.2) is 0 Å². The number of hydrogen-bond acceptors (Lipinski definition) is 3. The van der Waals surface area contributed by atoms with Crippen LogP contribution in [0.3, 0.4) is 0 Å². The summed E-state index contributed by atoms with van der Waals surface area (Å²) in [5, 5.41) is 3.43. The smallest absolute Gasteiger partial charge is 0.119 e. The molecule has 2 rings (SSSR count). The van der Waals surface area contributed by atoms with Gasteiger partial charge >= 0.3 is 0 Å². The number of ether oxygens (including phenoxy) is 1. The Balaban J connectivity index is 2.25. The van der Waals surface area contributed by atoms with Gasteiger partial charge < -0.3 is 15.8 Å². The van der Waals surface area contributed by atoms with Gasteiger partial charge in [0.2, 0.25) is 0 Å². The Kier molecular flexibility index (Phi) is 5.46. The van der Waals surface area contributed by atoms with Gasteiger partial charge in [-0.1, -0.05) is 31.9 Å². The summed E-state index contributed by atoms with van der Waals surface area (Å²) in [6, 6.07) is 13.9. The zero-order valence-electron chi connectivity index (χ0n) is 11.1. The van der Waals surface area contributed by atoms with Crippen LogP contribution in [-0.4, -0.2) is 13.7 Å². The zero-order chi connectivity index (χ0) is 14.5. The lowest BCUT2D eigenvalue weighted by molar-refractivity contribution is 0.414. The predicted octanol–water partition coefficient (Wildman–Crippen LogP) is 4.33. The fourth-order valence-electron chi connectivity index (χ4n) is 1.93. The summed E-state index contributed by atoms with van der Waals surface area (Å²) in [6.45, 7) is 0.488. The van der Waals surface area contributed by atoms with E-state index in [2.05, 4.69) is 37.2 Å². The van der Waals surface area contributed by atoms with E-state index in [4.69, 9.17) is 10.5 Å². The molecule has 0 spiro atoms. The average Bonchev–Trinajstić information content (AvgIpc) is 2.47. The van der Waals surface area contributed by atoms with Crippen LogP contribution >= 0.6 is 31.9 Å². The normalized spacial score (nSPS) is 12.0. The van der Waals surface area contributed by atoms with Crippen LogP contribution in [-0.2, 0) is 0 Å². The molecule has 3 N–H and O–H groups in total. The Morgan fingerprint density at radius 3 is 2.45 bits per heavy atom. The van der Waals surface area contributed by atoms with Crippen molar-refractivity contribution in [1.29, 1.82) is 0 Å². The lowest BCUT2D eigenvalue weighted by atomic mass is 10.1. The first-order valence-electron chi connectivity index (χ1n) is 6.19. The molecule has 0 saturated heterocycles. The molecule has 1 unspecified atom stereocenters. The van der Waals surface area contributed by atoms with Gasteiger partial charge in [-0.3, -0.25) is 0 Å². The molecule has 0 aliphatic heterocycles. The molecule has 0 aromatic heterocycles. The van der Waals surface area contributed by atoms with Gasteiger partial charge in [-0.2, -0.15) is 0 Å². The van der Waals surface area contributed by atoms with E-state index in [1.54, 1.807) is 7.11 Å². The first kappa shape index (κ1) is 15.4. The highest BCUT2D eigenvalue weighted by atomic mass is 79.9. The Bertz CT molecular complexity index is 573. The molecule has 0 radical (unpaired) electrons. The molecule has 1 atom stereocenters. The van der Waals surface area contributed by atoms with E-state index in [9.17, 15) is 0 Å². The van der Waals surface area contributed by atoms with Crippen molar-refractivity contribution in [3.63, 3.8) is 0 Å². The standard InChI is InChI=1S/C15H16Br2N2O/c1-20-12-6-7-14(17)13(8-12)15(9-18)19-11-4-2-10(16)3-5-11/h2-8,15,19H,9,18H2,1H3. The first-order chi connectivity index (χ1) is 9.63. The Labute approximate surface area is 135 Å².